The third-order valence-electron chi connectivity index (χ3n) is 5.05. The lowest BCUT2D eigenvalue weighted by molar-refractivity contribution is -0.128. The average molecular weight is 558 g/mol. The highest BCUT2D eigenvalue weighted by Gasteiger charge is 2.25. The van der Waals surface area contributed by atoms with Crippen molar-refractivity contribution in [2.45, 2.75) is 18.9 Å². The molecule has 0 aromatic carbocycles. The number of halogens is 2. The number of likely N-dealkylation sites (N-methyl/N-ethyl adjacent to an activating group) is 1. The molecule has 0 bridgehead atoms. The number of hydrogen-bond donors (Lipinski definition) is 2. The molecule has 1 aliphatic rings. The van der Waals surface area contributed by atoms with Crippen molar-refractivity contribution in [2.75, 3.05) is 45.2 Å². The molecule has 0 aliphatic carbocycles. The van der Waals surface area contributed by atoms with E-state index in [1.165, 1.54) is 0 Å². The molecule has 10 heteroatoms. The third kappa shape index (κ3) is 7.49. The minimum Gasteiger partial charge on any atom is -0.353 e. The van der Waals surface area contributed by atoms with E-state index in [4.69, 9.17) is 11.6 Å². The highest BCUT2D eigenvalue weighted by atomic mass is 127. The second-order valence-corrected chi connectivity index (χ2v) is 7.60. The van der Waals surface area contributed by atoms with Gasteiger partial charge in [0.05, 0.1) is 11.6 Å². The summed E-state index contributed by atoms with van der Waals surface area (Å²) in [7, 11) is 3.50. The number of aliphatic imine (C=N–C) groups is 1. The lowest BCUT2D eigenvalue weighted by atomic mass is 10.2. The van der Waals surface area contributed by atoms with Crippen molar-refractivity contribution in [3.05, 3.63) is 53.4 Å². The molecule has 1 amide bonds. The first-order valence-corrected chi connectivity index (χ1v) is 10.4. The van der Waals surface area contributed by atoms with Crippen molar-refractivity contribution in [3.63, 3.8) is 0 Å². The molecule has 2 aromatic rings. The first-order chi connectivity index (χ1) is 14.6. The molecule has 0 saturated carbocycles. The number of rotatable bonds is 7. The van der Waals surface area contributed by atoms with E-state index in [9.17, 15) is 4.79 Å². The summed E-state index contributed by atoms with van der Waals surface area (Å²) in [6.45, 7) is 2.43. The average Bonchev–Trinajstić information content (AvgIpc) is 3.24. The summed E-state index contributed by atoms with van der Waals surface area (Å²) >= 11 is 6.26. The van der Waals surface area contributed by atoms with E-state index in [1.54, 1.807) is 31.4 Å². The van der Waals surface area contributed by atoms with Crippen LogP contribution in [0.25, 0.3) is 0 Å². The molecule has 2 N–H and O–H groups in total. The largest absolute Gasteiger partial charge is 0.353 e. The molecular weight excluding hydrogens is 529 g/mol. The fraction of sp³-hybridized carbons (Fsp3) is 0.429. The highest BCUT2D eigenvalue weighted by Crippen LogP contribution is 2.25. The quantitative estimate of drug-likeness (QED) is 0.309. The van der Waals surface area contributed by atoms with Crippen LogP contribution in [0.3, 0.4) is 0 Å². The topological polar surface area (TPSA) is 85.8 Å². The van der Waals surface area contributed by atoms with Crippen LogP contribution in [0.2, 0.25) is 5.02 Å². The Balaban J connectivity index is 0.00000341. The van der Waals surface area contributed by atoms with Gasteiger partial charge in [0, 0.05) is 64.3 Å². The molecule has 31 heavy (non-hydrogen) atoms. The van der Waals surface area contributed by atoms with Crippen LogP contribution in [0.15, 0.2) is 47.7 Å². The van der Waals surface area contributed by atoms with Gasteiger partial charge in [0.1, 0.15) is 5.82 Å². The monoisotopic (exact) mass is 557 g/mol. The minimum atomic E-state index is 0. The van der Waals surface area contributed by atoms with Gasteiger partial charge >= 0.3 is 0 Å². The Morgan fingerprint density at radius 1 is 1.29 bits per heavy atom. The van der Waals surface area contributed by atoms with Crippen molar-refractivity contribution >= 4 is 53.3 Å². The Bertz CT molecular complexity index is 868. The lowest BCUT2D eigenvalue weighted by Crippen LogP contribution is -2.48. The number of carbonyl (C=O) groups is 1. The fourth-order valence-electron chi connectivity index (χ4n) is 3.32. The maximum atomic E-state index is 12.4. The predicted molar refractivity (Wildman–Crippen MR) is 135 cm³/mol. The van der Waals surface area contributed by atoms with Crippen LogP contribution in [0.5, 0.6) is 0 Å². The van der Waals surface area contributed by atoms with Crippen LogP contribution >= 0.6 is 35.6 Å². The second-order valence-electron chi connectivity index (χ2n) is 7.20. The van der Waals surface area contributed by atoms with Crippen molar-refractivity contribution in [2.24, 2.45) is 4.99 Å². The molecule has 3 rings (SSSR count). The van der Waals surface area contributed by atoms with Crippen molar-refractivity contribution in [3.8, 4) is 0 Å². The van der Waals surface area contributed by atoms with E-state index in [2.05, 4.69) is 30.5 Å². The number of nitrogens with one attached hydrogen (secondary N) is 2. The Morgan fingerprint density at radius 3 is 2.81 bits per heavy atom. The molecule has 1 atom stereocenters. The number of amides is 1. The number of pyridine rings is 2. The number of carbonyl (C=O) groups excluding carboxylic acids is 1. The van der Waals surface area contributed by atoms with Crippen molar-refractivity contribution < 1.29 is 4.79 Å². The van der Waals surface area contributed by atoms with E-state index in [-0.39, 0.29) is 42.5 Å². The zero-order valence-electron chi connectivity index (χ0n) is 17.8. The molecular formula is C21H29ClIN7O. The Kier molecular flexibility index (Phi) is 10.3. The summed E-state index contributed by atoms with van der Waals surface area (Å²) in [5.41, 5.74) is 0.974. The number of anilines is 1. The van der Waals surface area contributed by atoms with Crippen LogP contribution in [-0.2, 0) is 11.2 Å². The first kappa shape index (κ1) is 25.1. The number of guanidine groups is 1. The van der Waals surface area contributed by atoms with Crippen LogP contribution < -0.4 is 15.5 Å². The van der Waals surface area contributed by atoms with Gasteiger partial charge in [-0.05, 0) is 30.7 Å². The standard InChI is InChI=1S/C21H28ClN7O.HI/c1-23-21(26-14-19(30)28(2)12-8-16-6-3-4-10-24-16)27-17-9-13-29(15-17)20-18(22)7-5-11-25-20;/h3-7,10-11,17H,8-9,12-15H2,1-2H3,(H2,23,26,27);1H. The van der Waals surface area contributed by atoms with Crippen molar-refractivity contribution in [1.29, 1.82) is 0 Å². The predicted octanol–water partition coefficient (Wildman–Crippen LogP) is 2.19. The molecule has 3 heterocycles. The number of nitrogens with zero attached hydrogens (tertiary/aromatic N) is 5. The third-order valence-corrected chi connectivity index (χ3v) is 5.35. The first-order valence-electron chi connectivity index (χ1n) is 10.0. The SMILES string of the molecule is CN=C(NCC(=O)N(C)CCc1ccccn1)NC1CCN(c2ncccc2Cl)C1.I. The van der Waals surface area contributed by atoms with Gasteiger partial charge in [-0.1, -0.05) is 17.7 Å². The van der Waals surface area contributed by atoms with Gasteiger partial charge in [-0.25, -0.2) is 4.98 Å². The maximum Gasteiger partial charge on any atom is 0.241 e. The van der Waals surface area contributed by atoms with Gasteiger partial charge in [0.15, 0.2) is 5.96 Å². The molecule has 2 aromatic heterocycles. The molecule has 168 valence electrons. The fourth-order valence-corrected chi connectivity index (χ4v) is 3.56. The molecule has 0 spiro atoms. The molecule has 1 unspecified atom stereocenters. The van der Waals surface area contributed by atoms with Gasteiger partial charge in [-0.3, -0.25) is 14.8 Å². The Hall–Kier alpha value is -2.14. The molecule has 1 aliphatic heterocycles. The van der Waals surface area contributed by atoms with E-state index >= 15 is 0 Å². The van der Waals surface area contributed by atoms with Gasteiger partial charge in [-0.15, -0.1) is 24.0 Å². The summed E-state index contributed by atoms with van der Waals surface area (Å²) in [4.78, 5) is 29.2. The summed E-state index contributed by atoms with van der Waals surface area (Å²) in [5.74, 6) is 1.42. The number of hydrogen-bond acceptors (Lipinski definition) is 5. The summed E-state index contributed by atoms with van der Waals surface area (Å²) in [6, 6.07) is 9.68. The molecule has 8 nitrogen and oxygen atoms in total. The highest BCUT2D eigenvalue weighted by molar-refractivity contribution is 14.0. The van der Waals surface area contributed by atoms with Gasteiger partial charge < -0.3 is 20.4 Å². The van der Waals surface area contributed by atoms with Crippen LogP contribution in [0.1, 0.15) is 12.1 Å². The smallest absolute Gasteiger partial charge is 0.241 e. The maximum absolute atomic E-state index is 12.4. The number of aromatic nitrogens is 2. The Morgan fingerprint density at radius 2 is 2.10 bits per heavy atom. The van der Waals surface area contributed by atoms with Crippen LogP contribution in [-0.4, -0.2) is 73.1 Å². The van der Waals surface area contributed by atoms with Crippen molar-refractivity contribution in [1.82, 2.24) is 25.5 Å². The van der Waals surface area contributed by atoms with Gasteiger partial charge in [0.25, 0.3) is 0 Å². The van der Waals surface area contributed by atoms with E-state index in [0.29, 0.717) is 17.5 Å². The van der Waals surface area contributed by atoms with Gasteiger partial charge in [-0.2, -0.15) is 0 Å². The van der Waals surface area contributed by atoms with E-state index in [0.717, 1.165) is 37.4 Å². The summed E-state index contributed by atoms with van der Waals surface area (Å²) in [6.07, 6.45) is 5.17. The zero-order valence-corrected chi connectivity index (χ0v) is 20.9. The normalized spacial score (nSPS) is 15.9. The molecule has 1 saturated heterocycles. The van der Waals surface area contributed by atoms with Crippen LogP contribution in [0, 0.1) is 0 Å². The minimum absolute atomic E-state index is 0. The second kappa shape index (κ2) is 12.7. The van der Waals surface area contributed by atoms with Gasteiger partial charge in [0.2, 0.25) is 5.91 Å². The van der Waals surface area contributed by atoms with Crippen LogP contribution in [0.4, 0.5) is 5.82 Å². The molecule has 1 fully saturated rings. The summed E-state index contributed by atoms with van der Waals surface area (Å²) in [5, 5.41) is 7.15. The lowest BCUT2D eigenvalue weighted by Gasteiger charge is -2.21. The van der Waals surface area contributed by atoms with E-state index < -0.39 is 0 Å². The molecule has 0 radical (unpaired) electrons. The Labute approximate surface area is 205 Å². The summed E-state index contributed by atoms with van der Waals surface area (Å²) < 4.78 is 0. The zero-order chi connectivity index (χ0) is 21.3. The van der Waals surface area contributed by atoms with E-state index in [1.807, 2.05) is 30.3 Å².